The number of fused-ring (bicyclic) bond motifs is 1. The van der Waals surface area contributed by atoms with Gasteiger partial charge in [0.15, 0.2) is 0 Å². The van der Waals surface area contributed by atoms with Gasteiger partial charge in [0.1, 0.15) is 4.90 Å². The minimum Gasteiger partial charge on any atom is -0.478 e. The number of carboxylic acids is 1. The Morgan fingerprint density at radius 2 is 2.00 bits per heavy atom. The third-order valence-corrected chi connectivity index (χ3v) is 3.57. The molecular formula is C10H9FO4S. The highest BCUT2D eigenvalue weighted by Crippen LogP contribution is 2.30. The fourth-order valence-electron chi connectivity index (χ4n) is 2.01. The molecule has 4 nitrogen and oxygen atoms in total. The number of carbonyl (C=O) groups is 1. The number of rotatable bonds is 2. The topological polar surface area (TPSA) is 71.4 Å². The molecule has 0 atom stereocenters. The Labute approximate surface area is 91.9 Å². The van der Waals surface area contributed by atoms with Crippen molar-refractivity contribution in [2.45, 2.75) is 24.2 Å². The van der Waals surface area contributed by atoms with E-state index in [9.17, 15) is 17.1 Å². The lowest BCUT2D eigenvalue weighted by molar-refractivity contribution is 0.0696. The number of aryl methyl sites for hydroxylation is 1. The van der Waals surface area contributed by atoms with Gasteiger partial charge >= 0.3 is 16.2 Å². The zero-order chi connectivity index (χ0) is 11.9. The van der Waals surface area contributed by atoms with Gasteiger partial charge in [-0.2, -0.15) is 8.42 Å². The van der Waals surface area contributed by atoms with Crippen LogP contribution in [0.15, 0.2) is 17.0 Å². The van der Waals surface area contributed by atoms with Gasteiger partial charge in [-0.15, -0.1) is 3.89 Å². The molecule has 0 heterocycles. The minimum atomic E-state index is -4.85. The normalized spacial score (nSPS) is 14.8. The van der Waals surface area contributed by atoms with Gasteiger partial charge in [-0.3, -0.25) is 0 Å². The quantitative estimate of drug-likeness (QED) is 0.801. The molecule has 0 amide bonds. The molecule has 6 heteroatoms. The molecule has 0 bridgehead atoms. The molecule has 1 N–H and O–H groups in total. The number of halogens is 1. The average Bonchev–Trinajstić information content (AvgIpc) is 2.61. The van der Waals surface area contributed by atoms with Crippen molar-refractivity contribution in [2.24, 2.45) is 0 Å². The van der Waals surface area contributed by atoms with Gasteiger partial charge in [0.05, 0.1) is 5.56 Å². The molecule has 1 aliphatic rings. The summed E-state index contributed by atoms with van der Waals surface area (Å²) in [6, 6.07) is 2.31. The number of carboxylic acid groups (broad SMARTS) is 1. The summed E-state index contributed by atoms with van der Waals surface area (Å²) in [5.74, 6) is -1.25. The fourth-order valence-corrected chi connectivity index (χ4v) is 2.80. The van der Waals surface area contributed by atoms with Crippen LogP contribution < -0.4 is 0 Å². The van der Waals surface area contributed by atoms with Crippen LogP contribution in [-0.4, -0.2) is 19.5 Å². The van der Waals surface area contributed by atoms with Crippen LogP contribution in [0.1, 0.15) is 27.9 Å². The van der Waals surface area contributed by atoms with E-state index in [0.717, 1.165) is 12.5 Å². The van der Waals surface area contributed by atoms with Crippen molar-refractivity contribution in [3.8, 4) is 0 Å². The molecule has 1 aromatic carbocycles. The van der Waals surface area contributed by atoms with E-state index in [-0.39, 0.29) is 5.56 Å². The highest BCUT2D eigenvalue weighted by molar-refractivity contribution is 7.86. The Balaban J connectivity index is 2.73. The molecule has 2 rings (SSSR count). The lowest BCUT2D eigenvalue weighted by Crippen LogP contribution is -2.04. The molecule has 0 saturated heterocycles. The van der Waals surface area contributed by atoms with E-state index >= 15 is 0 Å². The van der Waals surface area contributed by atoms with Crippen LogP contribution in [0.4, 0.5) is 3.89 Å². The van der Waals surface area contributed by atoms with Crippen LogP contribution in [0, 0.1) is 0 Å². The maximum Gasteiger partial charge on any atom is 0.335 e. The Hall–Kier alpha value is -1.43. The molecule has 0 saturated carbocycles. The Bertz CT molecular complexity index is 562. The molecule has 0 unspecified atom stereocenters. The standard InChI is InChI=1S/C10H9FO4S/c11-16(14,15)9-5-7(10(12)13)4-6-2-1-3-8(6)9/h4-5H,1-3H2,(H,12,13). The summed E-state index contributed by atoms with van der Waals surface area (Å²) < 4.78 is 34.8. The van der Waals surface area contributed by atoms with Gasteiger partial charge in [-0.1, -0.05) is 0 Å². The van der Waals surface area contributed by atoms with E-state index in [1.165, 1.54) is 6.07 Å². The van der Waals surface area contributed by atoms with Crippen LogP contribution in [0.2, 0.25) is 0 Å². The summed E-state index contributed by atoms with van der Waals surface area (Å²) in [6.45, 7) is 0. The van der Waals surface area contributed by atoms with Crippen molar-refractivity contribution in [2.75, 3.05) is 0 Å². The summed E-state index contributed by atoms with van der Waals surface area (Å²) in [5.41, 5.74) is 0.862. The Morgan fingerprint density at radius 1 is 1.31 bits per heavy atom. The molecule has 1 aliphatic carbocycles. The van der Waals surface area contributed by atoms with Crippen molar-refractivity contribution in [1.82, 2.24) is 0 Å². The van der Waals surface area contributed by atoms with E-state index in [1.54, 1.807) is 0 Å². The molecule has 0 fully saturated rings. The third kappa shape index (κ3) is 1.80. The van der Waals surface area contributed by atoms with Gasteiger partial charge in [-0.25, -0.2) is 4.79 Å². The van der Waals surface area contributed by atoms with E-state index in [2.05, 4.69) is 0 Å². The van der Waals surface area contributed by atoms with Crippen LogP contribution in [0.25, 0.3) is 0 Å². The maximum absolute atomic E-state index is 13.0. The number of aromatic carboxylic acids is 1. The van der Waals surface area contributed by atoms with Gasteiger partial charge in [0.2, 0.25) is 0 Å². The largest absolute Gasteiger partial charge is 0.478 e. The molecule has 16 heavy (non-hydrogen) atoms. The Kier molecular flexibility index (Phi) is 2.46. The summed E-state index contributed by atoms with van der Waals surface area (Å²) in [6.07, 6.45) is 1.80. The smallest absolute Gasteiger partial charge is 0.335 e. The zero-order valence-corrected chi connectivity index (χ0v) is 9.05. The first-order chi connectivity index (χ1) is 7.39. The SMILES string of the molecule is O=C(O)c1cc2c(c(S(=O)(=O)F)c1)CCC2. The molecule has 0 aromatic heterocycles. The van der Waals surface area contributed by atoms with Gasteiger partial charge < -0.3 is 5.11 Å². The van der Waals surface area contributed by atoms with Gasteiger partial charge in [0.25, 0.3) is 0 Å². The minimum absolute atomic E-state index is 0.183. The molecular weight excluding hydrogens is 235 g/mol. The maximum atomic E-state index is 13.0. The van der Waals surface area contributed by atoms with E-state index in [1.807, 2.05) is 0 Å². The predicted molar refractivity (Wildman–Crippen MR) is 53.7 cm³/mol. The Morgan fingerprint density at radius 3 is 2.56 bits per heavy atom. The first kappa shape index (κ1) is 11.1. The van der Waals surface area contributed by atoms with Crippen LogP contribution in [-0.2, 0) is 23.1 Å². The van der Waals surface area contributed by atoms with Crippen molar-refractivity contribution >= 4 is 16.2 Å². The van der Waals surface area contributed by atoms with E-state index < -0.39 is 21.1 Å². The van der Waals surface area contributed by atoms with Crippen LogP contribution >= 0.6 is 0 Å². The average molecular weight is 244 g/mol. The monoisotopic (exact) mass is 244 g/mol. The fraction of sp³-hybridized carbons (Fsp3) is 0.300. The summed E-state index contributed by atoms with van der Waals surface area (Å²) in [7, 11) is -4.85. The van der Waals surface area contributed by atoms with Crippen LogP contribution in [0.3, 0.4) is 0 Å². The van der Waals surface area contributed by atoms with Crippen molar-refractivity contribution in [3.63, 3.8) is 0 Å². The number of hydrogen-bond acceptors (Lipinski definition) is 3. The van der Waals surface area contributed by atoms with Gasteiger partial charge in [-0.05, 0) is 42.5 Å². The van der Waals surface area contributed by atoms with E-state index in [4.69, 9.17) is 5.11 Å². The highest BCUT2D eigenvalue weighted by Gasteiger charge is 2.25. The molecule has 1 aromatic rings. The summed E-state index contributed by atoms with van der Waals surface area (Å²) in [4.78, 5) is 10.3. The summed E-state index contributed by atoms with van der Waals surface area (Å²) in [5, 5.41) is 8.79. The third-order valence-electron chi connectivity index (χ3n) is 2.68. The number of hydrogen-bond donors (Lipinski definition) is 1. The van der Waals surface area contributed by atoms with Crippen LogP contribution in [0.5, 0.6) is 0 Å². The molecule has 0 spiro atoms. The highest BCUT2D eigenvalue weighted by atomic mass is 32.3. The second-order valence-corrected chi connectivity index (χ2v) is 5.02. The summed E-state index contributed by atoms with van der Waals surface area (Å²) >= 11 is 0. The second-order valence-electron chi connectivity index (χ2n) is 3.71. The first-order valence-electron chi connectivity index (χ1n) is 4.73. The van der Waals surface area contributed by atoms with E-state index in [0.29, 0.717) is 24.0 Å². The zero-order valence-electron chi connectivity index (χ0n) is 8.23. The van der Waals surface area contributed by atoms with Crippen molar-refractivity contribution < 1.29 is 22.2 Å². The predicted octanol–water partition coefficient (Wildman–Crippen LogP) is 1.53. The van der Waals surface area contributed by atoms with Crippen molar-refractivity contribution in [3.05, 3.63) is 28.8 Å². The van der Waals surface area contributed by atoms with Crippen molar-refractivity contribution in [1.29, 1.82) is 0 Å². The molecule has 86 valence electrons. The second kappa shape index (κ2) is 3.55. The first-order valence-corrected chi connectivity index (χ1v) is 6.11. The lowest BCUT2D eigenvalue weighted by Gasteiger charge is -2.06. The lowest BCUT2D eigenvalue weighted by atomic mass is 10.1. The van der Waals surface area contributed by atoms with Gasteiger partial charge in [0, 0.05) is 0 Å². The molecule has 0 aliphatic heterocycles. The number of benzene rings is 1. The molecule has 0 radical (unpaired) electrons.